The lowest BCUT2D eigenvalue weighted by molar-refractivity contribution is -0.152. The first kappa shape index (κ1) is 28.7. The fourth-order valence-electron chi connectivity index (χ4n) is 5.65. The molecule has 2 aromatic rings. The Morgan fingerprint density at radius 3 is 2.33 bits per heavy atom. The van der Waals surface area contributed by atoms with Crippen molar-refractivity contribution in [2.75, 3.05) is 34.5 Å². The van der Waals surface area contributed by atoms with E-state index in [2.05, 4.69) is 5.32 Å². The zero-order valence-corrected chi connectivity index (χ0v) is 23.7. The van der Waals surface area contributed by atoms with Crippen LogP contribution < -0.4 is 19.5 Å². The number of ether oxygens (including phenoxy) is 5. The van der Waals surface area contributed by atoms with Gasteiger partial charge in [0.2, 0.25) is 0 Å². The van der Waals surface area contributed by atoms with Gasteiger partial charge in [-0.15, -0.1) is 0 Å². The molecule has 0 spiro atoms. The normalized spacial score (nSPS) is 20.4. The third-order valence-electron chi connectivity index (χ3n) is 7.32. The number of benzene rings is 2. The van der Waals surface area contributed by atoms with Gasteiger partial charge in [0.05, 0.1) is 46.0 Å². The van der Waals surface area contributed by atoms with Crippen LogP contribution >= 0.6 is 0 Å². The van der Waals surface area contributed by atoms with Gasteiger partial charge in [0.1, 0.15) is 11.7 Å². The summed E-state index contributed by atoms with van der Waals surface area (Å²) in [7, 11) is 4.58. The number of methoxy groups -OCH3 is 3. The maximum absolute atomic E-state index is 14.5. The van der Waals surface area contributed by atoms with Crippen LogP contribution in [0.25, 0.3) is 0 Å². The fraction of sp³-hybridized carbons (Fsp3) is 0.387. The molecule has 1 N–H and O–H groups in total. The summed E-state index contributed by atoms with van der Waals surface area (Å²) in [4.78, 5) is 41.3. The summed E-state index contributed by atoms with van der Waals surface area (Å²) in [6.07, 6.45) is 0.327. The van der Waals surface area contributed by atoms with Crippen molar-refractivity contribution in [3.8, 4) is 17.2 Å². The molecule has 9 heteroatoms. The van der Waals surface area contributed by atoms with Crippen molar-refractivity contribution < 1.29 is 38.1 Å². The number of para-hydroxylation sites is 1. The number of carbonyl (C=O) groups is 3. The van der Waals surface area contributed by atoms with Crippen LogP contribution in [-0.4, -0.2) is 52.3 Å². The van der Waals surface area contributed by atoms with Crippen LogP contribution in [0.4, 0.5) is 0 Å². The first-order valence-corrected chi connectivity index (χ1v) is 13.2. The van der Waals surface area contributed by atoms with Crippen LogP contribution in [0.2, 0.25) is 0 Å². The zero-order chi connectivity index (χ0) is 29.0. The molecule has 0 saturated heterocycles. The van der Waals surface area contributed by atoms with Crippen molar-refractivity contribution >= 4 is 17.7 Å². The standard InChI is InChI=1S/C31H35NO8/c1-7-39-30(34)24-17(3)32-22-16-21(18-11-9-12-19(15-18)36-4)26(31(35)40-8-2)28(33)27(22)25(24)20-13-10-14-23(37-5)29(20)38-6/h9-15,21,25-26,32H,7-8,16H2,1-6H3. The molecule has 9 nitrogen and oxygen atoms in total. The minimum Gasteiger partial charge on any atom is -0.497 e. The van der Waals surface area contributed by atoms with Crippen molar-refractivity contribution in [2.24, 2.45) is 5.92 Å². The molecule has 0 amide bonds. The van der Waals surface area contributed by atoms with E-state index in [0.717, 1.165) is 5.56 Å². The number of allylic oxidation sites excluding steroid dienone is 3. The van der Waals surface area contributed by atoms with Crippen molar-refractivity contribution in [1.29, 1.82) is 0 Å². The summed E-state index contributed by atoms with van der Waals surface area (Å²) in [6, 6.07) is 12.6. The topological polar surface area (TPSA) is 109 Å². The van der Waals surface area contributed by atoms with Crippen molar-refractivity contribution in [2.45, 2.75) is 39.0 Å². The highest BCUT2D eigenvalue weighted by atomic mass is 16.5. The molecular formula is C31H35NO8. The Labute approximate surface area is 234 Å². The van der Waals surface area contributed by atoms with E-state index in [1.807, 2.05) is 18.2 Å². The molecular weight excluding hydrogens is 514 g/mol. The minimum absolute atomic E-state index is 0.123. The Morgan fingerprint density at radius 1 is 0.950 bits per heavy atom. The molecule has 0 aromatic heterocycles. The third-order valence-corrected chi connectivity index (χ3v) is 7.32. The van der Waals surface area contributed by atoms with Crippen LogP contribution in [0.1, 0.15) is 50.2 Å². The molecule has 0 saturated carbocycles. The van der Waals surface area contributed by atoms with Crippen molar-refractivity contribution in [1.82, 2.24) is 5.32 Å². The summed E-state index contributed by atoms with van der Waals surface area (Å²) in [6.45, 7) is 5.47. The molecule has 1 aliphatic carbocycles. The van der Waals surface area contributed by atoms with Crippen LogP contribution in [-0.2, 0) is 23.9 Å². The van der Waals surface area contributed by atoms with Crippen LogP contribution in [0.3, 0.4) is 0 Å². The van der Waals surface area contributed by atoms with E-state index in [1.54, 1.807) is 52.1 Å². The summed E-state index contributed by atoms with van der Waals surface area (Å²) in [5.74, 6) is -2.68. The number of Topliss-reactive ketones (excluding diaryl/α,β-unsaturated/α-hetero) is 1. The molecule has 212 valence electrons. The number of esters is 2. The molecule has 4 rings (SSSR count). The molecule has 0 radical (unpaired) electrons. The zero-order valence-electron chi connectivity index (χ0n) is 23.7. The van der Waals surface area contributed by atoms with E-state index in [-0.39, 0.29) is 18.8 Å². The van der Waals surface area contributed by atoms with Crippen molar-refractivity contribution in [3.63, 3.8) is 0 Å². The van der Waals surface area contributed by atoms with Gasteiger partial charge in [-0.25, -0.2) is 4.79 Å². The molecule has 2 aromatic carbocycles. The van der Waals surface area contributed by atoms with E-state index in [9.17, 15) is 14.4 Å². The van der Waals surface area contributed by atoms with Gasteiger partial charge >= 0.3 is 11.9 Å². The van der Waals surface area contributed by atoms with E-state index in [1.165, 1.54) is 14.2 Å². The Bertz CT molecular complexity index is 1380. The largest absolute Gasteiger partial charge is 0.497 e. The molecule has 3 unspecified atom stereocenters. The Balaban J connectivity index is 1.96. The maximum Gasteiger partial charge on any atom is 0.336 e. The number of hydrogen-bond donors (Lipinski definition) is 1. The van der Waals surface area contributed by atoms with E-state index in [0.29, 0.717) is 46.2 Å². The molecule has 2 aliphatic rings. The average Bonchev–Trinajstić information content (AvgIpc) is 2.95. The first-order valence-electron chi connectivity index (χ1n) is 13.2. The van der Waals surface area contributed by atoms with E-state index < -0.39 is 35.5 Å². The Hall–Kier alpha value is -4.27. The number of ketones is 1. The lowest BCUT2D eigenvalue weighted by Gasteiger charge is -2.39. The quantitative estimate of drug-likeness (QED) is 0.359. The lowest BCUT2D eigenvalue weighted by atomic mass is 9.67. The molecule has 40 heavy (non-hydrogen) atoms. The van der Waals surface area contributed by atoms with E-state index in [4.69, 9.17) is 23.7 Å². The first-order chi connectivity index (χ1) is 19.3. The van der Waals surface area contributed by atoms with Crippen LogP contribution in [0, 0.1) is 5.92 Å². The van der Waals surface area contributed by atoms with Crippen molar-refractivity contribution in [3.05, 3.63) is 76.1 Å². The second-order valence-corrected chi connectivity index (χ2v) is 9.47. The number of rotatable bonds is 9. The second-order valence-electron chi connectivity index (χ2n) is 9.47. The second kappa shape index (κ2) is 12.3. The minimum atomic E-state index is -1.13. The van der Waals surface area contributed by atoms with Gasteiger partial charge in [-0.3, -0.25) is 9.59 Å². The Kier molecular flexibility index (Phi) is 8.82. The smallest absolute Gasteiger partial charge is 0.336 e. The number of carbonyl (C=O) groups excluding carboxylic acids is 3. The summed E-state index contributed by atoms with van der Waals surface area (Å²) < 4.78 is 27.5. The van der Waals surface area contributed by atoms with Gasteiger partial charge in [0.25, 0.3) is 0 Å². The number of hydrogen-bond acceptors (Lipinski definition) is 9. The fourth-order valence-corrected chi connectivity index (χ4v) is 5.65. The molecule has 0 bridgehead atoms. The summed E-state index contributed by atoms with van der Waals surface area (Å²) in [5, 5.41) is 3.31. The molecule has 1 aliphatic heterocycles. The third kappa shape index (κ3) is 5.15. The van der Waals surface area contributed by atoms with Crippen LogP contribution in [0.5, 0.6) is 17.2 Å². The summed E-state index contributed by atoms with van der Waals surface area (Å²) in [5.41, 5.74) is 3.07. The molecule has 1 heterocycles. The number of nitrogens with one attached hydrogen (secondary N) is 1. The predicted octanol–water partition coefficient (Wildman–Crippen LogP) is 4.43. The maximum atomic E-state index is 14.5. The molecule has 0 fully saturated rings. The highest BCUT2D eigenvalue weighted by Crippen LogP contribution is 2.51. The highest BCUT2D eigenvalue weighted by Gasteiger charge is 2.49. The SMILES string of the molecule is CCOC(=O)C1=C(C)NC2=C(C(=O)C(C(=O)OCC)C(c3cccc(OC)c3)C2)C1c1cccc(OC)c1OC. The molecule has 3 atom stereocenters. The monoisotopic (exact) mass is 549 g/mol. The highest BCUT2D eigenvalue weighted by molar-refractivity contribution is 6.13. The lowest BCUT2D eigenvalue weighted by Crippen LogP contribution is -2.43. The predicted molar refractivity (Wildman–Crippen MR) is 147 cm³/mol. The van der Waals surface area contributed by atoms with Gasteiger partial charge in [-0.1, -0.05) is 24.3 Å². The van der Waals surface area contributed by atoms with E-state index >= 15 is 0 Å². The van der Waals surface area contributed by atoms with Crippen LogP contribution in [0.15, 0.2) is 65.0 Å². The van der Waals surface area contributed by atoms with Gasteiger partial charge in [-0.05, 0) is 51.0 Å². The average molecular weight is 550 g/mol. The van der Waals surface area contributed by atoms with Gasteiger partial charge in [-0.2, -0.15) is 0 Å². The number of dihydropyridines is 1. The van der Waals surface area contributed by atoms with Gasteiger partial charge in [0, 0.05) is 28.4 Å². The Morgan fingerprint density at radius 2 is 1.68 bits per heavy atom. The summed E-state index contributed by atoms with van der Waals surface area (Å²) >= 11 is 0. The van der Waals surface area contributed by atoms with Gasteiger partial charge < -0.3 is 29.0 Å². The van der Waals surface area contributed by atoms with Gasteiger partial charge in [0.15, 0.2) is 17.3 Å².